The van der Waals surface area contributed by atoms with Gasteiger partial charge in [0.2, 0.25) is 0 Å². The predicted molar refractivity (Wildman–Crippen MR) is 72.7 cm³/mol. The maximum Gasteiger partial charge on any atom is 0.267 e. The Kier molecular flexibility index (Phi) is 3.51. The first-order chi connectivity index (χ1) is 8.86. The van der Waals surface area contributed by atoms with Crippen molar-refractivity contribution in [3.8, 4) is 0 Å². The van der Waals surface area contributed by atoms with Gasteiger partial charge >= 0.3 is 0 Å². The van der Waals surface area contributed by atoms with Crippen molar-refractivity contribution in [3.05, 3.63) is 63.8 Å². The lowest BCUT2D eigenvalue weighted by atomic mass is 9.92. The summed E-state index contributed by atoms with van der Waals surface area (Å²) >= 11 is 0. The summed E-state index contributed by atoms with van der Waals surface area (Å²) < 4.78 is 14.3. The van der Waals surface area contributed by atoms with Crippen LogP contribution in [0.1, 0.15) is 32.0 Å². The molecule has 0 N–H and O–H groups in total. The molecule has 0 saturated carbocycles. The maximum absolute atomic E-state index is 12.8. The first kappa shape index (κ1) is 13.5. The van der Waals surface area contributed by atoms with Crippen LogP contribution in [-0.2, 0) is 12.0 Å². The third-order valence-corrected chi connectivity index (χ3v) is 2.88. The van der Waals surface area contributed by atoms with Crippen LogP contribution in [0.15, 0.2) is 41.2 Å². The van der Waals surface area contributed by atoms with Gasteiger partial charge in [-0.05, 0) is 23.8 Å². The van der Waals surface area contributed by atoms with Crippen LogP contribution in [0.3, 0.4) is 0 Å². The fourth-order valence-electron chi connectivity index (χ4n) is 1.72. The molecule has 0 bridgehead atoms. The quantitative estimate of drug-likeness (QED) is 0.832. The molecular formula is C15H17FN2O. The van der Waals surface area contributed by atoms with Gasteiger partial charge < -0.3 is 0 Å². The van der Waals surface area contributed by atoms with E-state index in [1.807, 2.05) is 20.8 Å². The lowest BCUT2D eigenvalue weighted by molar-refractivity contribution is 0.517. The number of halogens is 1. The third kappa shape index (κ3) is 3.28. The molecule has 0 radical (unpaired) electrons. The highest BCUT2D eigenvalue weighted by Gasteiger charge is 2.16. The van der Waals surface area contributed by atoms with E-state index < -0.39 is 0 Å². The van der Waals surface area contributed by atoms with Crippen molar-refractivity contribution >= 4 is 0 Å². The van der Waals surface area contributed by atoms with Gasteiger partial charge in [0.05, 0.1) is 12.2 Å². The number of rotatable bonds is 2. The summed E-state index contributed by atoms with van der Waals surface area (Å²) in [7, 11) is 0. The molecule has 0 amide bonds. The summed E-state index contributed by atoms with van der Waals surface area (Å²) in [4.78, 5) is 11.8. The van der Waals surface area contributed by atoms with Gasteiger partial charge in [0, 0.05) is 11.5 Å². The fraction of sp³-hybridized carbons (Fsp3) is 0.333. The Balaban J connectivity index is 2.34. The molecular weight excluding hydrogens is 243 g/mol. The van der Waals surface area contributed by atoms with Gasteiger partial charge in [-0.3, -0.25) is 4.79 Å². The predicted octanol–water partition coefficient (Wildman–Crippen LogP) is 2.73. The van der Waals surface area contributed by atoms with E-state index in [1.54, 1.807) is 18.2 Å². The van der Waals surface area contributed by atoms with E-state index in [2.05, 4.69) is 5.10 Å². The molecule has 3 nitrogen and oxygen atoms in total. The van der Waals surface area contributed by atoms with Gasteiger partial charge in [-0.2, -0.15) is 5.10 Å². The van der Waals surface area contributed by atoms with Crippen LogP contribution < -0.4 is 5.56 Å². The second-order valence-electron chi connectivity index (χ2n) is 5.59. The average Bonchev–Trinajstić information content (AvgIpc) is 2.33. The summed E-state index contributed by atoms with van der Waals surface area (Å²) in [5, 5.41) is 4.37. The minimum atomic E-state index is -0.285. The zero-order valence-corrected chi connectivity index (χ0v) is 11.4. The Morgan fingerprint density at radius 1 is 1.11 bits per heavy atom. The third-order valence-electron chi connectivity index (χ3n) is 2.88. The van der Waals surface area contributed by atoms with Crippen LogP contribution in [0, 0.1) is 5.82 Å². The van der Waals surface area contributed by atoms with Crippen molar-refractivity contribution in [1.29, 1.82) is 0 Å². The molecule has 100 valence electrons. The second kappa shape index (κ2) is 4.96. The molecule has 0 aliphatic carbocycles. The fourth-order valence-corrected chi connectivity index (χ4v) is 1.72. The normalized spacial score (nSPS) is 11.6. The lowest BCUT2D eigenvalue weighted by Crippen LogP contribution is -2.27. The van der Waals surface area contributed by atoms with Crippen molar-refractivity contribution in [2.75, 3.05) is 0 Å². The monoisotopic (exact) mass is 260 g/mol. The van der Waals surface area contributed by atoms with Crippen LogP contribution in [0.25, 0.3) is 0 Å². The molecule has 2 aromatic rings. The average molecular weight is 260 g/mol. The zero-order valence-electron chi connectivity index (χ0n) is 11.4. The van der Waals surface area contributed by atoms with E-state index in [0.29, 0.717) is 6.54 Å². The molecule has 0 aliphatic rings. The van der Waals surface area contributed by atoms with Crippen molar-refractivity contribution in [2.24, 2.45) is 0 Å². The summed E-state index contributed by atoms with van der Waals surface area (Å²) in [6.45, 7) is 6.48. The lowest BCUT2D eigenvalue weighted by Gasteiger charge is -2.18. The highest BCUT2D eigenvalue weighted by atomic mass is 19.1. The second-order valence-corrected chi connectivity index (χ2v) is 5.59. The highest BCUT2D eigenvalue weighted by Crippen LogP contribution is 2.18. The summed E-state index contributed by atoms with van der Waals surface area (Å²) in [6.07, 6.45) is 0. The number of benzene rings is 1. The molecule has 0 spiro atoms. The van der Waals surface area contributed by atoms with E-state index in [-0.39, 0.29) is 16.8 Å². The van der Waals surface area contributed by atoms with E-state index >= 15 is 0 Å². The van der Waals surface area contributed by atoms with Crippen LogP contribution in [0.5, 0.6) is 0 Å². The van der Waals surface area contributed by atoms with Crippen molar-refractivity contribution in [1.82, 2.24) is 9.78 Å². The standard InChI is InChI=1S/C15H17FN2O/c1-15(2,3)13-8-9-14(19)18(17-13)10-11-4-6-12(16)7-5-11/h4-9H,10H2,1-3H3. The Bertz CT molecular complexity index is 624. The van der Waals surface area contributed by atoms with E-state index in [4.69, 9.17) is 0 Å². The minimum Gasteiger partial charge on any atom is -0.268 e. The molecule has 1 aromatic carbocycles. The van der Waals surface area contributed by atoms with Gasteiger partial charge in [0.1, 0.15) is 5.82 Å². The number of hydrogen-bond donors (Lipinski definition) is 0. The topological polar surface area (TPSA) is 34.9 Å². The molecule has 0 atom stereocenters. The molecule has 19 heavy (non-hydrogen) atoms. The molecule has 0 fully saturated rings. The minimum absolute atomic E-state index is 0.113. The molecule has 2 rings (SSSR count). The van der Waals surface area contributed by atoms with Gasteiger partial charge in [-0.25, -0.2) is 9.07 Å². The maximum atomic E-state index is 12.8. The van der Waals surface area contributed by atoms with Gasteiger partial charge in [-0.15, -0.1) is 0 Å². The molecule has 4 heteroatoms. The number of hydrogen-bond acceptors (Lipinski definition) is 2. The first-order valence-corrected chi connectivity index (χ1v) is 6.19. The van der Waals surface area contributed by atoms with Crippen LogP contribution in [0.4, 0.5) is 4.39 Å². The molecule has 1 heterocycles. The molecule has 0 unspecified atom stereocenters. The molecule has 1 aromatic heterocycles. The van der Waals surface area contributed by atoms with Gasteiger partial charge in [0.25, 0.3) is 5.56 Å². The Morgan fingerprint density at radius 3 is 2.32 bits per heavy atom. The summed E-state index contributed by atoms with van der Waals surface area (Å²) in [5.41, 5.74) is 1.44. The smallest absolute Gasteiger partial charge is 0.267 e. The van der Waals surface area contributed by atoms with Gasteiger partial charge in [0.15, 0.2) is 0 Å². The summed E-state index contributed by atoms with van der Waals surface area (Å²) in [6, 6.07) is 9.36. The first-order valence-electron chi connectivity index (χ1n) is 6.19. The van der Waals surface area contributed by atoms with Crippen LogP contribution in [-0.4, -0.2) is 9.78 Å². The van der Waals surface area contributed by atoms with Crippen molar-refractivity contribution in [2.45, 2.75) is 32.7 Å². The van der Waals surface area contributed by atoms with Crippen LogP contribution >= 0.6 is 0 Å². The Labute approximate surface area is 111 Å². The van der Waals surface area contributed by atoms with E-state index in [1.165, 1.54) is 22.9 Å². The Hall–Kier alpha value is -1.97. The number of nitrogens with zero attached hydrogens (tertiary/aromatic N) is 2. The highest BCUT2D eigenvalue weighted by molar-refractivity contribution is 5.17. The zero-order chi connectivity index (χ0) is 14.0. The largest absolute Gasteiger partial charge is 0.268 e. The number of aromatic nitrogens is 2. The molecule has 0 aliphatic heterocycles. The molecule has 0 saturated heterocycles. The Morgan fingerprint density at radius 2 is 1.74 bits per heavy atom. The van der Waals surface area contributed by atoms with E-state index in [0.717, 1.165) is 11.3 Å². The van der Waals surface area contributed by atoms with E-state index in [9.17, 15) is 9.18 Å². The summed E-state index contributed by atoms with van der Waals surface area (Å²) in [5.74, 6) is -0.285. The van der Waals surface area contributed by atoms with Gasteiger partial charge in [-0.1, -0.05) is 32.9 Å². The SMILES string of the molecule is CC(C)(C)c1ccc(=O)n(Cc2ccc(F)cc2)n1. The van der Waals surface area contributed by atoms with Crippen molar-refractivity contribution in [3.63, 3.8) is 0 Å². The van der Waals surface area contributed by atoms with Crippen molar-refractivity contribution < 1.29 is 4.39 Å². The van der Waals surface area contributed by atoms with Crippen LogP contribution in [0.2, 0.25) is 0 Å².